The molecule has 1 aromatic carbocycles. The fraction of sp³-hybridized carbons (Fsp3) is 0.200. The second kappa shape index (κ2) is 5.96. The average molecular weight is 240 g/mol. The lowest BCUT2D eigenvalue weighted by Crippen LogP contribution is -2.20. The molecule has 0 aliphatic carbocycles. The van der Waals surface area contributed by atoms with E-state index in [1.54, 1.807) is 6.20 Å². The van der Waals surface area contributed by atoms with Gasteiger partial charge in [0.2, 0.25) is 5.91 Å². The molecule has 92 valence electrons. The van der Waals surface area contributed by atoms with Crippen LogP contribution in [0.1, 0.15) is 18.9 Å². The molecule has 1 aromatic heterocycles. The first-order chi connectivity index (χ1) is 8.75. The van der Waals surface area contributed by atoms with E-state index in [0.29, 0.717) is 6.54 Å². The molecular formula is C15H16N2O. The monoisotopic (exact) mass is 240 g/mol. The molecule has 1 amide bonds. The van der Waals surface area contributed by atoms with E-state index < -0.39 is 0 Å². The lowest BCUT2D eigenvalue weighted by atomic mass is 10.1. The van der Waals surface area contributed by atoms with Gasteiger partial charge in [0.1, 0.15) is 0 Å². The molecule has 3 heteroatoms. The molecule has 0 spiro atoms. The lowest BCUT2D eigenvalue weighted by Gasteiger charge is -1.99. The SMILES string of the molecule is CC(=O)NCCC=Cc1ccc2ncccc2c1. The maximum absolute atomic E-state index is 10.7. The minimum atomic E-state index is 0.0141. The molecule has 0 atom stereocenters. The highest BCUT2D eigenvalue weighted by Crippen LogP contribution is 2.14. The number of rotatable bonds is 4. The number of nitrogens with zero attached hydrogens (tertiary/aromatic N) is 1. The third-order valence-electron chi connectivity index (χ3n) is 2.62. The van der Waals surface area contributed by atoms with Gasteiger partial charge < -0.3 is 5.32 Å². The van der Waals surface area contributed by atoms with Crippen molar-refractivity contribution in [1.29, 1.82) is 0 Å². The smallest absolute Gasteiger partial charge is 0.216 e. The number of fused-ring (bicyclic) bond motifs is 1. The second-order valence-corrected chi connectivity index (χ2v) is 4.13. The molecule has 0 unspecified atom stereocenters. The van der Waals surface area contributed by atoms with E-state index in [0.717, 1.165) is 22.9 Å². The first-order valence-corrected chi connectivity index (χ1v) is 6.01. The number of aromatic nitrogens is 1. The minimum Gasteiger partial charge on any atom is -0.356 e. The van der Waals surface area contributed by atoms with Crippen molar-refractivity contribution >= 4 is 22.9 Å². The fourth-order valence-electron chi connectivity index (χ4n) is 1.75. The van der Waals surface area contributed by atoms with E-state index in [1.807, 2.05) is 18.2 Å². The van der Waals surface area contributed by atoms with Crippen molar-refractivity contribution in [1.82, 2.24) is 10.3 Å². The lowest BCUT2D eigenvalue weighted by molar-refractivity contribution is -0.118. The van der Waals surface area contributed by atoms with Crippen LogP contribution in [0.15, 0.2) is 42.6 Å². The van der Waals surface area contributed by atoms with E-state index in [4.69, 9.17) is 0 Å². The number of hydrogen-bond donors (Lipinski definition) is 1. The number of pyridine rings is 1. The summed E-state index contributed by atoms with van der Waals surface area (Å²) in [5.74, 6) is 0.0141. The van der Waals surface area contributed by atoms with Crippen molar-refractivity contribution in [2.24, 2.45) is 0 Å². The summed E-state index contributed by atoms with van der Waals surface area (Å²) >= 11 is 0. The maximum Gasteiger partial charge on any atom is 0.216 e. The van der Waals surface area contributed by atoms with Crippen LogP contribution in [0, 0.1) is 0 Å². The van der Waals surface area contributed by atoms with Gasteiger partial charge in [-0.15, -0.1) is 0 Å². The molecule has 0 bridgehead atoms. The number of nitrogens with one attached hydrogen (secondary N) is 1. The fourth-order valence-corrected chi connectivity index (χ4v) is 1.75. The standard InChI is InChI=1S/C15H16N2O/c1-12(18)16-9-3-2-5-13-7-8-15-14(11-13)6-4-10-17-15/h2,4-8,10-11H,3,9H2,1H3,(H,16,18). The maximum atomic E-state index is 10.7. The molecule has 0 saturated heterocycles. The Kier molecular flexibility index (Phi) is 4.07. The van der Waals surface area contributed by atoms with Gasteiger partial charge in [-0.2, -0.15) is 0 Å². The van der Waals surface area contributed by atoms with Crippen LogP contribution >= 0.6 is 0 Å². The Balaban J connectivity index is 1.99. The van der Waals surface area contributed by atoms with Crippen LogP contribution in [-0.2, 0) is 4.79 Å². The summed E-state index contributed by atoms with van der Waals surface area (Å²) in [5.41, 5.74) is 2.16. The number of hydrogen-bond acceptors (Lipinski definition) is 2. The number of carbonyl (C=O) groups is 1. The zero-order chi connectivity index (χ0) is 12.8. The van der Waals surface area contributed by atoms with Crippen LogP contribution in [0.5, 0.6) is 0 Å². The molecule has 0 aliphatic rings. The first-order valence-electron chi connectivity index (χ1n) is 6.01. The minimum absolute atomic E-state index is 0.0141. The zero-order valence-electron chi connectivity index (χ0n) is 10.4. The predicted octanol–water partition coefficient (Wildman–Crippen LogP) is 2.77. The highest BCUT2D eigenvalue weighted by molar-refractivity contribution is 5.81. The summed E-state index contributed by atoms with van der Waals surface area (Å²) in [7, 11) is 0. The molecule has 0 aliphatic heterocycles. The number of benzene rings is 1. The number of amides is 1. The van der Waals surface area contributed by atoms with Crippen molar-refractivity contribution in [3.8, 4) is 0 Å². The van der Waals surface area contributed by atoms with Gasteiger partial charge in [0, 0.05) is 25.1 Å². The quantitative estimate of drug-likeness (QED) is 0.835. The van der Waals surface area contributed by atoms with Crippen molar-refractivity contribution in [3.63, 3.8) is 0 Å². The zero-order valence-corrected chi connectivity index (χ0v) is 10.4. The van der Waals surface area contributed by atoms with Gasteiger partial charge in [-0.25, -0.2) is 0 Å². The van der Waals surface area contributed by atoms with Crippen molar-refractivity contribution < 1.29 is 4.79 Å². The Bertz CT molecular complexity index is 575. The van der Waals surface area contributed by atoms with E-state index >= 15 is 0 Å². The highest BCUT2D eigenvalue weighted by Gasteiger charge is 1.93. The van der Waals surface area contributed by atoms with Gasteiger partial charge in [-0.1, -0.05) is 24.3 Å². The molecule has 2 rings (SSSR count). The summed E-state index contributed by atoms with van der Waals surface area (Å²) in [6.45, 7) is 2.21. The topological polar surface area (TPSA) is 42.0 Å². The van der Waals surface area contributed by atoms with Crippen LogP contribution in [0.25, 0.3) is 17.0 Å². The molecular weight excluding hydrogens is 224 g/mol. The summed E-state index contributed by atoms with van der Waals surface area (Å²) in [5, 5.41) is 3.90. The van der Waals surface area contributed by atoms with Crippen LogP contribution in [0.2, 0.25) is 0 Å². The molecule has 1 N–H and O–H groups in total. The van der Waals surface area contributed by atoms with Gasteiger partial charge in [-0.3, -0.25) is 9.78 Å². The van der Waals surface area contributed by atoms with E-state index in [9.17, 15) is 4.79 Å². The molecule has 1 heterocycles. The summed E-state index contributed by atoms with van der Waals surface area (Å²) in [6.07, 6.45) is 6.76. The number of carbonyl (C=O) groups excluding carboxylic acids is 1. The Hall–Kier alpha value is -2.16. The molecule has 18 heavy (non-hydrogen) atoms. The van der Waals surface area contributed by atoms with Gasteiger partial charge in [0.25, 0.3) is 0 Å². The van der Waals surface area contributed by atoms with E-state index in [1.165, 1.54) is 6.92 Å². The van der Waals surface area contributed by atoms with Crippen molar-refractivity contribution in [2.45, 2.75) is 13.3 Å². The largest absolute Gasteiger partial charge is 0.356 e. The third kappa shape index (κ3) is 3.42. The summed E-state index contributed by atoms with van der Waals surface area (Å²) < 4.78 is 0. The molecule has 2 aromatic rings. The van der Waals surface area contributed by atoms with Gasteiger partial charge in [0.15, 0.2) is 0 Å². The molecule has 0 radical (unpaired) electrons. The molecule has 0 saturated carbocycles. The summed E-state index contributed by atoms with van der Waals surface area (Å²) in [6, 6.07) is 10.2. The summed E-state index contributed by atoms with van der Waals surface area (Å²) in [4.78, 5) is 15.0. The Morgan fingerprint density at radius 1 is 1.39 bits per heavy atom. The Labute approximate surface area is 107 Å². The second-order valence-electron chi connectivity index (χ2n) is 4.13. The average Bonchev–Trinajstić information content (AvgIpc) is 2.38. The normalized spacial score (nSPS) is 10.9. The van der Waals surface area contributed by atoms with Crippen LogP contribution in [0.4, 0.5) is 0 Å². The van der Waals surface area contributed by atoms with E-state index in [-0.39, 0.29) is 5.91 Å². The predicted molar refractivity (Wildman–Crippen MR) is 74.1 cm³/mol. The van der Waals surface area contributed by atoms with Crippen molar-refractivity contribution in [3.05, 3.63) is 48.2 Å². The van der Waals surface area contributed by atoms with Gasteiger partial charge in [0.05, 0.1) is 5.52 Å². The van der Waals surface area contributed by atoms with Crippen LogP contribution in [0.3, 0.4) is 0 Å². The van der Waals surface area contributed by atoms with Crippen LogP contribution in [-0.4, -0.2) is 17.4 Å². The van der Waals surface area contributed by atoms with Crippen molar-refractivity contribution in [2.75, 3.05) is 6.54 Å². The Morgan fingerprint density at radius 2 is 2.28 bits per heavy atom. The third-order valence-corrected chi connectivity index (χ3v) is 2.62. The van der Waals surface area contributed by atoms with Gasteiger partial charge >= 0.3 is 0 Å². The highest BCUT2D eigenvalue weighted by atomic mass is 16.1. The van der Waals surface area contributed by atoms with E-state index in [2.05, 4.69) is 34.6 Å². The Morgan fingerprint density at radius 3 is 3.11 bits per heavy atom. The first kappa shape index (κ1) is 12.3. The molecule has 0 fully saturated rings. The van der Waals surface area contributed by atoms with Gasteiger partial charge in [-0.05, 0) is 30.2 Å². The molecule has 3 nitrogen and oxygen atoms in total. The van der Waals surface area contributed by atoms with Crippen LogP contribution < -0.4 is 5.32 Å².